The molecule has 1 aliphatic heterocycles. The van der Waals surface area contributed by atoms with Crippen LogP contribution in [0.15, 0.2) is 82.0 Å². The van der Waals surface area contributed by atoms with Gasteiger partial charge < -0.3 is 122 Å². The van der Waals surface area contributed by atoms with E-state index in [1.165, 1.54) is 25.3 Å². The Morgan fingerprint density at radius 1 is 0.626 bits per heavy atom. The molecule has 0 saturated carbocycles. The number of nitrogens with one attached hydrogen (secondary N) is 13. The number of anilines is 1. The second-order valence-corrected chi connectivity index (χ2v) is 28.7. The number of nitro benzene ring substituents is 2. The van der Waals surface area contributed by atoms with Crippen molar-refractivity contribution >= 4 is 129 Å². The van der Waals surface area contributed by atoms with Gasteiger partial charge in [0.15, 0.2) is 23.7 Å². The number of fused-ring (bicyclic) bond motifs is 1. The van der Waals surface area contributed by atoms with Crippen molar-refractivity contribution in [1.29, 1.82) is 16.2 Å². The fourth-order valence-corrected chi connectivity index (χ4v) is 13.0. The predicted molar refractivity (Wildman–Crippen MR) is 437 cm³/mol. The summed E-state index contributed by atoms with van der Waals surface area (Å²) in [5, 5.41) is 91.9. The Hall–Kier alpha value is -14.1. The molecular weight excluding hydrogens is 1620 g/mol. The molecule has 48 heteroatoms. The second kappa shape index (κ2) is 48.9. The molecule has 5 rings (SSSR count). The highest BCUT2D eigenvalue weighted by Gasteiger charge is 2.58. The molecule has 10 atom stereocenters. The highest BCUT2D eigenvalue weighted by atomic mass is 16.6. The third kappa shape index (κ3) is 31.2. The lowest BCUT2D eigenvalue weighted by Crippen LogP contribution is -2.74. The van der Waals surface area contributed by atoms with E-state index in [4.69, 9.17) is 70.3 Å². The fourth-order valence-electron chi connectivity index (χ4n) is 13.0. The van der Waals surface area contributed by atoms with E-state index in [2.05, 4.69) is 53.2 Å². The molecule has 48 nitrogen and oxygen atoms in total. The van der Waals surface area contributed by atoms with Crippen LogP contribution in [-0.2, 0) is 84.9 Å². The minimum Gasteiger partial charge on any atom is -0.497 e. The molecule has 4 aromatic rings. The van der Waals surface area contributed by atoms with Crippen molar-refractivity contribution in [3.05, 3.63) is 115 Å². The Morgan fingerprint density at radius 2 is 1.17 bits per heavy atom. The summed E-state index contributed by atoms with van der Waals surface area (Å²) in [6.07, 6.45) is -7.58. The average Bonchev–Trinajstić information content (AvgIpc) is 0.967. The zero-order valence-electron chi connectivity index (χ0n) is 67.5. The van der Waals surface area contributed by atoms with E-state index in [-0.39, 0.29) is 125 Å². The van der Waals surface area contributed by atoms with E-state index < -0.39 is 257 Å². The van der Waals surface area contributed by atoms with E-state index in [0.717, 1.165) is 23.5 Å². The molecule has 3 aromatic carbocycles. The maximum absolute atomic E-state index is 16.8. The van der Waals surface area contributed by atoms with Gasteiger partial charge in [-0.1, -0.05) is 30.3 Å². The van der Waals surface area contributed by atoms with Crippen LogP contribution in [0.5, 0.6) is 5.75 Å². The highest BCUT2D eigenvalue weighted by Crippen LogP contribution is 2.34. The Balaban J connectivity index is 1.83. The van der Waals surface area contributed by atoms with E-state index in [0.29, 0.717) is 18.2 Å². The first-order valence-corrected chi connectivity index (χ1v) is 38.9. The zero-order chi connectivity index (χ0) is 91.4. The summed E-state index contributed by atoms with van der Waals surface area (Å²) in [5.41, 5.74) is 32.6. The minimum atomic E-state index is -3.90. The Bertz CT molecular complexity index is 4590. The van der Waals surface area contributed by atoms with Crippen LogP contribution in [0.3, 0.4) is 0 Å². The number of ether oxygens (including phenoxy) is 2. The summed E-state index contributed by atoms with van der Waals surface area (Å²) in [7, 11) is 1.24. The molecule has 0 bridgehead atoms. The number of nitro groups is 2. The molecule has 2 heterocycles. The number of hydrogen-bond acceptors (Lipinski definition) is 28. The molecule has 0 unspecified atom stereocenters. The van der Waals surface area contributed by atoms with Crippen LogP contribution >= 0.6 is 0 Å². The zero-order valence-corrected chi connectivity index (χ0v) is 67.5. The summed E-state index contributed by atoms with van der Waals surface area (Å²) < 4.78 is 16.7. The van der Waals surface area contributed by atoms with E-state index >= 15 is 28.8 Å². The van der Waals surface area contributed by atoms with Gasteiger partial charge in [0.25, 0.3) is 23.2 Å². The predicted octanol–water partition coefficient (Wildman–Crippen LogP) is -3.83. The van der Waals surface area contributed by atoms with E-state index in [1.807, 2.05) is 0 Å². The van der Waals surface area contributed by atoms with Gasteiger partial charge in [-0.05, 0) is 126 Å². The number of carbonyl (C=O) groups is 14. The molecule has 29 N–H and O–H groups in total. The third-order valence-corrected chi connectivity index (χ3v) is 19.5. The maximum atomic E-state index is 16.8. The number of non-ortho nitro benzene ring substituents is 1. The number of methoxy groups -OCH3 is 1. The van der Waals surface area contributed by atoms with Crippen LogP contribution in [0.25, 0.3) is 11.0 Å². The second-order valence-electron chi connectivity index (χ2n) is 28.7. The number of amides is 11. The van der Waals surface area contributed by atoms with Crippen molar-refractivity contribution in [3.8, 4) is 5.75 Å². The number of nitrogens with two attached hydrogens (primary N) is 7. The topological polar surface area (TPSA) is 795 Å². The maximum Gasteiger partial charge on any atom is 0.336 e. The van der Waals surface area contributed by atoms with Crippen molar-refractivity contribution in [3.63, 3.8) is 0 Å². The molecular formula is C75H106N24O24. The Morgan fingerprint density at radius 3 is 1.74 bits per heavy atom. The summed E-state index contributed by atoms with van der Waals surface area (Å²) in [5.74, 6) is -21.3. The van der Waals surface area contributed by atoms with Crippen LogP contribution in [-0.4, -0.2) is 237 Å². The first-order chi connectivity index (χ1) is 58.2. The number of likely N-dealkylation sites (tertiary alicyclic amines) is 1. The van der Waals surface area contributed by atoms with Gasteiger partial charge in [0, 0.05) is 82.1 Å². The van der Waals surface area contributed by atoms with Crippen molar-refractivity contribution in [2.24, 2.45) is 40.1 Å². The average molecular weight is 1730 g/mol. The van der Waals surface area contributed by atoms with Gasteiger partial charge in [0.2, 0.25) is 58.7 Å². The normalized spacial score (nSPS) is 14.7. The molecule has 0 aliphatic carbocycles. The van der Waals surface area contributed by atoms with Gasteiger partial charge >= 0.3 is 17.6 Å². The van der Waals surface area contributed by atoms with Gasteiger partial charge in [-0.15, -0.1) is 0 Å². The number of aliphatic carboxylic acids is 2. The summed E-state index contributed by atoms with van der Waals surface area (Å²) in [6, 6.07) is -1.61. The molecule has 1 fully saturated rings. The number of ketones is 1. The number of benzene rings is 3. The number of imide groups is 1. The lowest BCUT2D eigenvalue weighted by molar-refractivity contribution is -0.393. The number of carboxylic acids is 2. The van der Waals surface area contributed by atoms with Gasteiger partial charge in [-0.2, -0.15) is 0 Å². The molecule has 1 aliphatic rings. The first-order valence-electron chi connectivity index (χ1n) is 38.9. The van der Waals surface area contributed by atoms with Crippen molar-refractivity contribution in [2.75, 3.05) is 51.8 Å². The standard InChI is InChI=1S/C75H106N24O24/c1-40(63(108)92-50(17-10-31-88-74(84)85)64(109)93-52(24-27-59(102)103)65(110)91-49(62(79)107)16-9-30-87-73(82)83)90-71(116)75(39-89-48-22-19-43(98(117)118)36-55(48)99(119)120,57(100)34-42-35-61(106)123-56-37-44(121-2)20-21-45(42)56)97(69(114)47(77)14-6-7-33-122-38-41-12-4-3-5-13-41)70(115)53(25-28-60(104)105)95-66(111)51(23-26-58(78)101)94-67(112)54-18-11-32-96(54)68(113)46(76)15-8-29-86-72(80)81/h3-5,12-13,19-22,35-37,40,46-47,49-54,89H,6-11,14-18,23-34,38-39,76-77H2,1-2H3,(H2,78,101)(H2,79,107)(H,90,116)(H,91,110)(H,92,108)(H,93,109)(H,94,112)(H,95,111)(H,102,103)(H,104,105)(H4,80,81,86)(H4,82,83,87)(H4,84,85,88)/t40-,46-,47-,49-,50-,51-,52-,53-,54-,75+/m0/s1. The number of carboxylic acid groups (broad SMARTS) is 2. The smallest absolute Gasteiger partial charge is 0.336 e. The monoisotopic (exact) mass is 1730 g/mol. The molecule has 0 spiro atoms. The highest BCUT2D eigenvalue weighted by molar-refractivity contribution is 6.20. The van der Waals surface area contributed by atoms with Crippen molar-refractivity contribution in [1.82, 2.24) is 57.7 Å². The minimum absolute atomic E-state index is 0.0161. The number of unbranched alkanes of at least 4 members (excludes halogenated alkanes) is 1. The Labute approximate surface area is 702 Å². The largest absolute Gasteiger partial charge is 0.497 e. The van der Waals surface area contributed by atoms with Gasteiger partial charge in [-0.3, -0.25) is 108 Å². The molecule has 0 radical (unpaired) electrons. The van der Waals surface area contributed by atoms with Gasteiger partial charge in [-0.25, -0.2) is 4.79 Å². The van der Waals surface area contributed by atoms with E-state index in [9.17, 15) is 73.6 Å². The van der Waals surface area contributed by atoms with Gasteiger partial charge in [0.05, 0.1) is 48.3 Å². The molecule has 123 heavy (non-hydrogen) atoms. The number of Topliss-reactive ketones (excluding diaryl/α,β-unsaturated/α-hetero) is 1. The van der Waals surface area contributed by atoms with Crippen LogP contribution in [0.1, 0.15) is 127 Å². The van der Waals surface area contributed by atoms with Crippen molar-refractivity contribution < 1.29 is 101 Å². The number of rotatable bonds is 54. The lowest BCUT2D eigenvalue weighted by atomic mass is 9.83. The number of primary amides is 2. The SMILES string of the molecule is COc1ccc2c(CC(=O)[C@](CNc3ccc([N+](=O)[O-])cc3[N+](=O)[O-])(C(=O)N[C@@H](C)C(=O)N[C@@H](CCCNC(=N)N)C(=O)N[C@@H](CCC(=O)O)C(=O)N[C@@H](CCCNC(=N)N)C(N)=O)N(C(=O)[C@H](CCC(=O)O)NC(=O)[C@H](CCC(N)=O)NC(=O)[C@@H]3CCCN3C(=O)[C@@H](N)CCCNC(=N)N)C(=O)[C@@H](N)CCCCOCc3ccccc3)cc(=O)oc2c1. The fraction of sp³-hybridized carbons (Fsp3) is 0.493. The molecule has 11 amide bonds. The van der Waals surface area contributed by atoms with E-state index in [1.54, 1.807) is 30.3 Å². The summed E-state index contributed by atoms with van der Waals surface area (Å²) in [6.45, 7) is -0.812. The van der Waals surface area contributed by atoms with Crippen LogP contribution in [0.4, 0.5) is 17.1 Å². The van der Waals surface area contributed by atoms with Crippen LogP contribution < -0.4 is 104 Å². The number of carbonyl (C=O) groups excluding carboxylic acids is 12. The quantitative estimate of drug-likeness (QED) is 0.00383. The third-order valence-electron chi connectivity index (χ3n) is 19.5. The Kier molecular flexibility index (Phi) is 39.5. The lowest BCUT2D eigenvalue weighted by Gasteiger charge is -2.43. The molecule has 1 aromatic heterocycles. The van der Waals surface area contributed by atoms with Crippen molar-refractivity contribution in [2.45, 2.75) is 189 Å². The van der Waals surface area contributed by atoms with Crippen LogP contribution in [0, 0.1) is 36.5 Å². The summed E-state index contributed by atoms with van der Waals surface area (Å²) >= 11 is 0. The number of guanidine groups is 3. The number of nitrogens with zero attached hydrogens (tertiary/aromatic N) is 4. The molecule has 1 saturated heterocycles. The van der Waals surface area contributed by atoms with Crippen LogP contribution in [0.2, 0.25) is 0 Å². The summed E-state index contributed by atoms with van der Waals surface area (Å²) in [4.78, 5) is 242. The van der Waals surface area contributed by atoms with Gasteiger partial charge in [0.1, 0.15) is 59.3 Å². The molecule has 670 valence electrons. The number of hydrogen-bond donors (Lipinski definition) is 22. The first kappa shape index (κ1) is 99.5.